The minimum Gasteiger partial charge on any atom is -0.477 e. The molecule has 1 aromatic rings. The fourth-order valence-corrected chi connectivity index (χ4v) is 1.69. The lowest BCUT2D eigenvalue weighted by atomic mass is 10.1. The van der Waals surface area contributed by atoms with Crippen molar-refractivity contribution in [3.8, 4) is 0 Å². The summed E-state index contributed by atoms with van der Waals surface area (Å²) in [6, 6.07) is 2.64. The van der Waals surface area contributed by atoms with Crippen molar-refractivity contribution in [1.29, 1.82) is 0 Å². The van der Waals surface area contributed by atoms with Gasteiger partial charge in [-0.1, -0.05) is 6.07 Å². The Bertz CT molecular complexity index is 693. The summed E-state index contributed by atoms with van der Waals surface area (Å²) >= 11 is 0. The van der Waals surface area contributed by atoms with Crippen LogP contribution in [0.25, 0.3) is 0 Å². The summed E-state index contributed by atoms with van der Waals surface area (Å²) in [4.78, 5) is 22.5. The van der Waals surface area contributed by atoms with Crippen molar-refractivity contribution in [1.82, 2.24) is 0 Å². The van der Waals surface area contributed by atoms with Crippen molar-refractivity contribution < 1.29 is 45.8 Å². The summed E-state index contributed by atoms with van der Waals surface area (Å²) in [6.07, 6.45) is -10.2. The first-order chi connectivity index (χ1) is 11.4. The Balaban J connectivity index is 3.45. The van der Waals surface area contributed by atoms with E-state index in [-0.39, 0.29) is 0 Å². The van der Waals surface area contributed by atoms with Crippen molar-refractivity contribution in [3.05, 3.63) is 41.1 Å². The van der Waals surface area contributed by atoms with Crippen LogP contribution >= 0.6 is 0 Å². The number of hydrogen-bond donors (Lipinski definition) is 2. The number of rotatable bonds is 5. The molecule has 0 aliphatic heterocycles. The number of carboxylic acid groups (broad SMARTS) is 1. The molecule has 0 aliphatic carbocycles. The summed E-state index contributed by atoms with van der Waals surface area (Å²) < 4.78 is 81.5. The molecule has 0 amide bonds. The minimum atomic E-state index is -5.37. The molecule has 0 spiro atoms. The topological polar surface area (TPSA) is 75.6 Å². The van der Waals surface area contributed by atoms with Crippen LogP contribution in [0.1, 0.15) is 12.5 Å². The van der Waals surface area contributed by atoms with Gasteiger partial charge in [-0.3, -0.25) is 0 Å². The van der Waals surface area contributed by atoms with Crippen LogP contribution in [0.2, 0.25) is 0 Å². The number of hydrogen-bond acceptors (Lipinski definition) is 4. The maximum atomic E-state index is 13.1. The van der Waals surface area contributed by atoms with Crippen molar-refractivity contribution in [3.63, 3.8) is 0 Å². The van der Waals surface area contributed by atoms with Gasteiger partial charge >= 0.3 is 24.3 Å². The maximum Gasteiger partial charge on any atom is 0.432 e. The number of aliphatic carboxylic acids is 1. The van der Waals surface area contributed by atoms with Crippen LogP contribution in [0, 0.1) is 0 Å². The molecule has 0 unspecified atom stereocenters. The van der Waals surface area contributed by atoms with Gasteiger partial charge < -0.3 is 15.2 Å². The smallest absolute Gasteiger partial charge is 0.432 e. The van der Waals surface area contributed by atoms with Crippen molar-refractivity contribution in [2.24, 2.45) is 0 Å². The lowest BCUT2D eigenvalue weighted by Crippen LogP contribution is -2.28. The lowest BCUT2D eigenvalue weighted by molar-refractivity contribution is -0.146. The van der Waals surface area contributed by atoms with E-state index in [9.17, 15) is 35.9 Å². The molecule has 0 aromatic heterocycles. The second-order valence-corrected chi connectivity index (χ2v) is 4.48. The van der Waals surface area contributed by atoms with Crippen LogP contribution in [0.3, 0.4) is 0 Å². The van der Waals surface area contributed by atoms with E-state index in [1.54, 1.807) is 0 Å². The molecule has 0 heterocycles. The van der Waals surface area contributed by atoms with E-state index in [1.165, 1.54) is 12.2 Å². The van der Waals surface area contributed by atoms with Gasteiger partial charge in [0.1, 0.15) is 5.70 Å². The summed E-state index contributed by atoms with van der Waals surface area (Å²) in [5.74, 6) is -4.02. The van der Waals surface area contributed by atoms with Gasteiger partial charge in [-0.25, -0.2) is 9.59 Å². The quantitative estimate of drug-likeness (QED) is 0.272. The van der Waals surface area contributed by atoms with Gasteiger partial charge in [0.25, 0.3) is 0 Å². The van der Waals surface area contributed by atoms with Crippen LogP contribution in [-0.2, 0) is 20.5 Å². The van der Waals surface area contributed by atoms with E-state index in [0.717, 1.165) is 12.1 Å². The highest BCUT2D eigenvalue weighted by atomic mass is 19.4. The molecule has 0 radical (unpaired) electrons. The van der Waals surface area contributed by atoms with Gasteiger partial charge in [-0.2, -0.15) is 26.3 Å². The summed E-state index contributed by atoms with van der Waals surface area (Å²) in [6.45, 7) is 0.842. The monoisotopic (exact) mass is 371 g/mol. The zero-order valence-corrected chi connectivity index (χ0v) is 12.5. The molecule has 0 saturated carbocycles. The molecular weight excluding hydrogens is 360 g/mol. The Morgan fingerprint density at radius 1 is 1.16 bits per heavy atom. The summed E-state index contributed by atoms with van der Waals surface area (Å²) in [5, 5.41) is 10.4. The van der Waals surface area contributed by atoms with Crippen LogP contribution < -0.4 is 5.32 Å². The predicted octanol–water partition coefficient (Wildman–Crippen LogP) is 3.58. The summed E-state index contributed by atoms with van der Waals surface area (Å²) in [5.41, 5.74) is -5.78. The number of carbonyl (C=O) groups excluding carboxylic acids is 1. The Kier molecular flexibility index (Phi) is 6.05. The minimum absolute atomic E-state index is 0.344. The van der Waals surface area contributed by atoms with Crippen LogP contribution in [0.4, 0.5) is 32.0 Å². The van der Waals surface area contributed by atoms with Crippen molar-refractivity contribution in [2.45, 2.75) is 19.3 Å². The molecule has 138 valence electrons. The SMILES string of the molecule is CCOC(=O)C(C(=O)O)=C(Nc1cccc(C(F)(F)F)c1)C(F)(F)F. The van der Waals surface area contributed by atoms with Crippen LogP contribution in [0.15, 0.2) is 35.5 Å². The largest absolute Gasteiger partial charge is 0.477 e. The number of allylic oxidation sites excluding steroid dienone is 1. The molecule has 0 fully saturated rings. The Hall–Kier alpha value is -2.72. The first kappa shape index (κ1) is 20.3. The van der Waals surface area contributed by atoms with Crippen LogP contribution in [0.5, 0.6) is 0 Å². The average Bonchev–Trinajstić information content (AvgIpc) is 2.45. The van der Waals surface area contributed by atoms with Crippen molar-refractivity contribution in [2.75, 3.05) is 11.9 Å². The third kappa shape index (κ3) is 5.40. The number of anilines is 1. The van der Waals surface area contributed by atoms with Crippen molar-refractivity contribution >= 4 is 17.6 Å². The zero-order chi connectivity index (χ0) is 19.4. The first-order valence-corrected chi connectivity index (χ1v) is 6.54. The molecule has 0 aliphatic rings. The van der Waals surface area contributed by atoms with Gasteiger partial charge in [0.05, 0.1) is 12.2 Å². The Morgan fingerprint density at radius 3 is 2.20 bits per heavy atom. The second kappa shape index (κ2) is 7.45. The molecule has 5 nitrogen and oxygen atoms in total. The Labute approximate surface area is 136 Å². The third-order valence-electron chi connectivity index (χ3n) is 2.69. The van der Waals surface area contributed by atoms with Gasteiger partial charge in [0.15, 0.2) is 5.57 Å². The molecule has 0 atom stereocenters. The summed E-state index contributed by atoms with van der Waals surface area (Å²) in [7, 11) is 0. The lowest BCUT2D eigenvalue weighted by Gasteiger charge is -2.18. The molecule has 11 heteroatoms. The molecule has 25 heavy (non-hydrogen) atoms. The second-order valence-electron chi connectivity index (χ2n) is 4.48. The number of carboxylic acids is 1. The molecule has 1 rings (SSSR count). The van der Waals surface area contributed by atoms with Gasteiger partial charge in [0, 0.05) is 5.69 Å². The van der Waals surface area contributed by atoms with Gasteiger partial charge in [-0.15, -0.1) is 0 Å². The highest BCUT2D eigenvalue weighted by Crippen LogP contribution is 2.34. The number of alkyl halides is 6. The van der Waals surface area contributed by atoms with E-state index in [4.69, 9.17) is 5.11 Å². The number of halogens is 6. The molecule has 0 saturated heterocycles. The van der Waals surface area contributed by atoms with Crippen LogP contribution in [-0.4, -0.2) is 29.8 Å². The number of carbonyl (C=O) groups is 2. The molecule has 2 N–H and O–H groups in total. The average molecular weight is 371 g/mol. The van der Waals surface area contributed by atoms with Gasteiger partial charge in [-0.05, 0) is 25.1 Å². The highest BCUT2D eigenvalue weighted by molar-refractivity contribution is 6.14. The van der Waals surface area contributed by atoms with E-state index >= 15 is 0 Å². The fourth-order valence-electron chi connectivity index (χ4n) is 1.69. The number of esters is 1. The number of nitrogens with one attached hydrogen (secondary N) is 1. The first-order valence-electron chi connectivity index (χ1n) is 6.54. The zero-order valence-electron chi connectivity index (χ0n) is 12.5. The molecule has 0 bridgehead atoms. The third-order valence-corrected chi connectivity index (χ3v) is 2.69. The fraction of sp³-hybridized carbons (Fsp3) is 0.286. The van der Waals surface area contributed by atoms with E-state index in [0.29, 0.717) is 12.1 Å². The van der Waals surface area contributed by atoms with E-state index in [1.807, 2.05) is 0 Å². The molecule has 1 aromatic carbocycles. The van der Waals surface area contributed by atoms with Gasteiger partial charge in [0.2, 0.25) is 0 Å². The predicted molar refractivity (Wildman–Crippen MR) is 72.4 cm³/mol. The Morgan fingerprint density at radius 2 is 1.76 bits per heavy atom. The standard InChI is InChI=1S/C14H11F6NO4/c1-2-25-12(24)9(11(22)23)10(14(18,19)20)21-8-5-3-4-7(6-8)13(15,16)17/h3-6,21H,2H2,1H3,(H,22,23). The van der Waals surface area contributed by atoms with E-state index in [2.05, 4.69) is 4.74 Å². The van der Waals surface area contributed by atoms with E-state index < -0.39 is 53.4 Å². The number of ether oxygens (including phenoxy) is 1. The normalized spacial score (nSPS) is 13.1. The maximum absolute atomic E-state index is 13.1. The number of benzene rings is 1. The highest BCUT2D eigenvalue weighted by Gasteiger charge is 2.42. The molecular formula is C14H11F6NO4.